The number of hydrogen-bond donors (Lipinski definition) is 1. The van der Waals surface area contributed by atoms with E-state index < -0.39 is 0 Å². The highest BCUT2D eigenvalue weighted by Crippen LogP contribution is 2.38. The van der Waals surface area contributed by atoms with E-state index in [1.165, 1.54) is 0 Å². The van der Waals surface area contributed by atoms with Crippen molar-refractivity contribution in [1.82, 2.24) is 0 Å². The van der Waals surface area contributed by atoms with Crippen LogP contribution in [0.5, 0.6) is 5.75 Å². The van der Waals surface area contributed by atoms with Gasteiger partial charge in [0.05, 0.1) is 16.9 Å². The van der Waals surface area contributed by atoms with Crippen LogP contribution in [-0.4, -0.2) is 37.1 Å². The second-order valence-electron chi connectivity index (χ2n) is 6.18. The SMILES string of the molecule is CCN1CCN(CC)c2cc(C(=O)c3ccc(CCl)cc3)c(O)cc21. The summed E-state index contributed by atoms with van der Waals surface area (Å²) >= 11 is 5.80. The minimum atomic E-state index is -0.175. The first-order chi connectivity index (χ1) is 12.1. The van der Waals surface area contributed by atoms with Gasteiger partial charge in [-0.1, -0.05) is 24.3 Å². The Morgan fingerprint density at radius 2 is 1.60 bits per heavy atom. The van der Waals surface area contributed by atoms with Gasteiger partial charge in [-0.15, -0.1) is 11.6 Å². The Labute approximate surface area is 153 Å². The minimum absolute atomic E-state index is 0.0292. The smallest absolute Gasteiger partial charge is 0.196 e. The van der Waals surface area contributed by atoms with Gasteiger partial charge in [0.15, 0.2) is 5.78 Å². The predicted octanol–water partition coefficient (Wildman–Crippen LogP) is 4.03. The van der Waals surface area contributed by atoms with Crippen LogP contribution in [0.2, 0.25) is 0 Å². The number of halogens is 1. The maximum atomic E-state index is 12.9. The van der Waals surface area contributed by atoms with Gasteiger partial charge in [-0.25, -0.2) is 0 Å². The number of benzene rings is 2. The van der Waals surface area contributed by atoms with Crippen LogP contribution in [0.15, 0.2) is 36.4 Å². The van der Waals surface area contributed by atoms with Gasteiger partial charge in [0, 0.05) is 43.7 Å². The molecule has 0 saturated carbocycles. The molecule has 0 spiro atoms. The molecule has 0 amide bonds. The van der Waals surface area contributed by atoms with E-state index in [1.54, 1.807) is 18.2 Å². The molecule has 0 saturated heterocycles. The number of aromatic hydroxyl groups is 1. The Kier molecular flexibility index (Phi) is 5.19. The highest BCUT2D eigenvalue weighted by molar-refractivity contribution is 6.17. The van der Waals surface area contributed by atoms with Crippen LogP contribution in [-0.2, 0) is 5.88 Å². The average molecular weight is 359 g/mol. The lowest BCUT2D eigenvalue weighted by Gasteiger charge is -2.38. The number of ketones is 1. The number of phenolic OH excluding ortho intramolecular Hbond substituents is 1. The first-order valence-electron chi connectivity index (χ1n) is 8.65. The quantitative estimate of drug-likeness (QED) is 0.647. The van der Waals surface area contributed by atoms with E-state index in [2.05, 4.69) is 23.6 Å². The van der Waals surface area contributed by atoms with Gasteiger partial charge in [0.1, 0.15) is 5.75 Å². The third-order valence-corrected chi connectivity index (χ3v) is 5.10. The molecule has 0 atom stereocenters. The average Bonchev–Trinajstić information content (AvgIpc) is 2.66. The first-order valence-corrected chi connectivity index (χ1v) is 9.19. The van der Waals surface area contributed by atoms with Crippen LogP contribution in [0.1, 0.15) is 35.3 Å². The molecule has 5 heteroatoms. The molecule has 0 radical (unpaired) electrons. The normalized spacial score (nSPS) is 13.7. The van der Waals surface area contributed by atoms with Crippen molar-refractivity contribution in [2.24, 2.45) is 0 Å². The van der Waals surface area contributed by atoms with Crippen molar-refractivity contribution in [3.8, 4) is 5.75 Å². The fraction of sp³-hybridized carbons (Fsp3) is 0.350. The second kappa shape index (κ2) is 7.36. The molecule has 0 fully saturated rings. The zero-order chi connectivity index (χ0) is 18.0. The highest BCUT2D eigenvalue weighted by atomic mass is 35.5. The van der Waals surface area contributed by atoms with E-state index in [9.17, 15) is 9.90 Å². The Balaban J connectivity index is 2.03. The molecule has 1 N–H and O–H groups in total. The van der Waals surface area contributed by atoms with Crippen molar-refractivity contribution in [1.29, 1.82) is 0 Å². The summed E-state index contributed by atoms with van der Waals surface area (Å²) in [6.07, 6.45) is 0. The number of nitrogens with zero attached hydrogens (tertiary/aromatic N) is 2. The molecule has 3 rings (SSSR count). The lowest BCUT2D eigenvalue weighted by Crippen LogP contribution is -2.41. The van der Waals surface area contributed by atoms with Crippen LogP contribution >= 0.6 is 11.6 Å². The molecular formula is C20H23ClN2O2. The molecule has 4 nitrogen and oxygen atoms in total. The van der Waals surface area contributed by atoms with Crippen LogP contribution in [0.4, 0.5) is 11.4 Å². The van der Waals surface area contributed by atoms with Crippen molar-refractivity contribution >= 4 is 28.8 Å². The predicted molar refractivity (Wildman–Crippen MR) is 103 cm³/mol. The largest absolute Gasteiger partial charge is 0.507 e. The number of phenols is 1. The standard InChI is InChI=1S/C20H23ClN2O2/c1-3-22-9-10-23(4-2)18-12-19(24)16(11-17(18)22)20(25)15-7-5-14(13-21)6-8-15/h5-8,11-12,24H,3-4,9-10,13H2,1-2H3. The lowest BCUT2D eigenvalue weighted by molar-refractivity contribution is 0.103. The highest BCUT2D eigenvalue weighted by Gasteiger charge is 2.25. The van der Waals surface area contributed by atoms with Crippen LogP contribution < -0.4 is 9.80 Å². The number of hydrogen-bond acceptors (Lipinski definition) is 4. The van der Waals surface area contributed by atoms with Crippen LogP contribution in [0.25, 0.3) is 0 Å². The summed E-state index contributed by atoms with van der Waals surface area (Å²) in [6, 6.07) is 10.7. The van der Waals surface area contributed by atoms with Crippen molar-refractivity contribution in [3.63, 3.8) is 0 Å². The number of anilines is 2. The summed E-state index contributed by atoms with van der Waals surface area (Å²) in [6.45, 7) is 7.78. The van der Waals surface area contributed by atoms with Gasteiger partial charge in [0.2, 0.25) is 0 Å². The maximum absolute atomic E-state index is 12.9. The number of alkyl halides is 1. The Morgan fingerprint density at radius 1 is 1.04 bits per heavy atom. The molecule has 0 aromatic heterocycles. The lowest BCUT2D eigenvalue weighted by atomic mass is 9.99. The topological polar surface area (TPSA) is 43.8 Å². The third-order valence-electron chi connectivity index (χ3n) is 4.79. The third kappa shape index (κ3) is 3.31. The molecule has 1 heterocycles. The summed E-state index contributed by atoms with van der Waals surface area (Å²) in [5.74, 6) is 0.268. The molecule has 0 unspecified atom stereocenters. The number of likely N-dealkylation sites (N-methyl/N-ethyl adjacent to an activating group) is 2. The molecule has 25 heavy (non-hydrogen) atoms. The molecular weight excluding hydrogens is 336 g/mol. The van der Waals surface area contributed by atoms with E-state index in [0.29, 0.717) is 17.0 Å². The van der Waals surface area contributed by atoms with Crippen molar-refractivity contribution in [2.75, 3.05) is 36.0 Å². The van der Waals surface area contributed by atoms with E-state index in [-0.39, 0.29) is 11.5 Å². The minimum Gasteiger partial charge on any atom is -0.507 e. The van der Waals surface area contributed by atoms with Crippen molar-refractivity contribution < 1.29 is 9.90 Å². The molecule has 1 aliphatic heterocycles. The fourth-order valence-corrected chi connectivity index (χ4v) is 3.47. The van der Waals surface area contributed by atoms with Gasteiger partial charge in [-0.3, -0.25) is 4.79 Å². The summed E-state index contributed by atoms with van der Waals surface area (Å²) in [5.41, 5.74) is 3.85. The zero-order valence-electron chi connectivity index (χ0n) is 14.6. The molecule has 0 bridgehead atoms. The number of rotatable bonds is 5. The molecule has 0 aliphatic carbocycles. The van der Waals surface area contributed by atoms with Gasteiger partial charge >= 0.3 is 0 Å². The Morgan fingerprint density at radius 3 is 2.12 bits per heavy atom. The van der Waals surface area contributed by atoms with E-state index in [1.807, 2.05) is 18.2 Å². The number of fused-ring (bicyclic) bond motifs is 1. The number of carbonyl (C=O) groups excluding carboxylic acids is 1. The first kappa shape index (κ1) is 17.6. The van der Waals surface area contributed by atoms with E-state index in [4.69, 9.17) is 11.6 Å². The summed E-state index contributed by atoms with van der Waals surface area (Å²) in [5, 5.41) is 10.5. The number of carbonyl (C=O) groups is 1. The fourth-order valence-electron chi connectivity index (χ4n) is 3.29. The molecule has 2 aromatic carbocycles. The summed E-state index contributed by atoms with van der Waals surface area (Å²) < 4.78 is 0. The van der Waals surface area contributed by atoms with Crippen molar-refractivity contribution in [3.05, 3.63) is 53.1 Å². The van der Waals surface area contributed by atoms with Crippen LogP contribution in [0, 0.1) is 0 Å². The maximum Gasteiger partial charge on any atom is 0.196 e. The zero-order valence-corrected chi connectivity index (χ0v) is 15.4. The van der Waals surface area contributed by atoms with E-state index in [0.717, 1.165) is 43.1 Å². The Hall–Kier alpha value is -2.20. The van der Waals surface area contributed by atoms with Gasteiger partial charge in [-0.05, 0) is 25.5 Å². The molecule has 132 valence electrons. The van der Waals surface area contributed by atoms with Crippen molar-refractivity contribution in [2.45, 2.75) is 19.7 Å². The van der Waals surface area contributed by atoms with E-state index >= 15 is 0 Å². The molecule has 2 aromatic rings. The Bertz CT molecular complexity index is 774. The second-order valence-corrected chi connectivity index (χ2v) is 6.44. The van der Waals surface area contributed by atoms with Gasteiger partial charge in [0.25, 0.3) is 0 Å². The summed E-state index contributed by atoms with van der Waals surface area (Å²) in [4.78, 5) is 17.3. The summed E-state index contributed by atoms with van der Waals surface area (Å²) in [7, 11) is 0. The molecule has 1 aliphatic rings. The van der Waals surface area contributed by atoms with Gasteiger partial charge < -0.3 is 14.9 Å². The van der Waals surface area contributed by atoms with Crippen LogP contribution in [0.3, 0.4) is 0 Å². The van der Waals surface area contributed by atoms with Gasteiger partial charge in [-0.2, -0.15) is 0 Å². The monoisotopic (exact) mass is 358 g/mol.